The fraction of sp³-hybridized carbons (Fsp3) is 0.333. The Kier molecular flexibility index (Phi) is 5.33. The number of nitrogens with two attached hydrogens (primary N) is 1. The zero-order valence-electron chi connectivity index (χ0n) is 11.5. The molecular formula is C15H18ClN3OS. The molecule has 3 N–H and O–H groups in total. The largest absolute Gasteiger partial charge is 0.344 e. The number of nitrogens with zero attached hydrogens (tertiary/aromatic N) is 1. The molecule has 1 aromatic carbocycles. The molecule has 21 heavy (non-hydrogen) atoms. The highest BCUT2D eigenvalue weighted by Gasteiger charge is 2.33. The number of carbonyl (C=O) groups excluding carboxylic acids is 1. The summed E-state index contributed by atoms with van der Waals surface area (Å²) in [4.78, 5) is 16.5. The summed E-state index contributed by atoms with van der Waals surface area (Å²) in [5.41, 5.74) is 7.16. The van der Waals surface area contributed by atoms with Crippen molar-refractivity contribution in [2.24, 2.45) is 11.7 Å². The molecule has 0 bridgehead atoms. The topological polar surface area (TPSA) is 68.0 Å². The van der Waals surface area contributed by atoms with Gasteiger partial charge < -0.3 is 11.1 Å². The van der Waals surface area contributed by atoms with Crippen LogP contribution >= 0.6 is 23.7 Å². The van der Waals surface area contributed by atoms with Gasteiger partial charge in [-0.1, -0.05) is 30.3 Å². The summed E-state index contributed by atoms with van der Waals surface area (Å²) < 4.78 is 0. The van der Waals surface area contributed by atoms with E-state index in [1.54, 1.807) is 5.38 Å². The second-order valence-corrected chi connectivity index (χ2v) is 5.97. The second-order valence-electron chi connectivity index (χ2n) is 5.03. The van der Waals surface area contributed by atoms with Crippen LogP contribution in [-0.2, 0) is 6.54 Å². The van der Waals surface area contributed by atoms with E-state index in [2.05, 4.69) is 22.4 Å². The molecule has 1 amide bonds. The summed E-state index contributed by atoms with van der Waals surface area (Å²) in [5, 5.41) is 5.67. The van der Waals surface area contributed by atoms with Gasteiger partial charge in [-0.05, 0) is 24.3 Å². The average molecular weight is 324 g/mol. The first-order valence-electron chi connectivity index (χ1n) is 6.78. The molecule has 1 fully saturated rings. The fourth-order valence-corrected chi connectivity index (χ4v) is 2.94. The quantitative estimate of drug-likeness (QED) is 0.889. The Morgan fingerprint density at radius 2 is 2.10 bits per heavy atom. The highest BCUT2D eigenvalue weighted by Crippen LogP contribution is 2.41. The van der Waals surface area contributed by atoms with Crippen molar-refractivity contribution in [3.05, 3.63) is 52.0 Å². The van der Waals surface area contributed by atoms with Crippen LogP contribution in [0.1, 0.15) is 39.9 Å². The Labute approximate surface area is 134 Å². The molecule has 0 saturated heterocycles. The van der Waals surface area contributed by atoms with E-state index in [9.17, 15) is 4.79 Å². The molecular weight excluding hydrogens is 306 g/mol. The summed E-state index contributed by atoms with van der Waals surface area (Å²) in [6.07, 6.45) is 2.34. The van der Waals surface area contributed by atoms with Crippen LogP contribution in [0.4, 0.5) is 0 Å². The normalized spacial score (nSPS) is 15.1. The van der Waals surface area contributed by atoms with Crippen LogP contribution in [0.5, 0.6) is 0 Å². The van der Waals surface area contributed by atoms with Gasteiger partial charge in [-0.25, -0.2) is 4.98 Å². The zero-order valence-corrected chi connectivity index (χ0v) is 13.1. The SMILES string of the molecule is Cl.NCc1nc(C(=O)NC(c2ccccc2)C2CC2)cs1. The third kappa shape index (κ3) is 3.81. The molecule has 1 saturated carbocycles. The molecule has 0 spiro atoms. The number of carbonyl (C=O) groups is 1. The van der Waals surface area contributed by atoms with Gasteiger partial charge in [0.2, 0.25) is 0 Å². The highest BCUT2D eigenvalue weighted by atomic mass is 35.5. The number of benzene rings is 1. The lowest BCUT2D eigenvalue weighted by Gasteiger charge is -2.18. The summed E-state index contributed by atoms with van der Waals surface area (Å²) in [7, 11) is 0. The molecule has 1 aliphatic rings. The summed E-state index contributed by atoms with van der Waals surface area (Å²) in [6, 6.07) is 10.2. The average Bonchev–Trinajstić information content (AvgIpc) is 3.21. The third-order valence-electron chi connectivity index (χ3n) is 3.50. The van der Waals surface area contributed by atoms with E-state index in [-0.39, 0.29) is 24.4 Å². The molecule has 1 unspecified atom stereocenters. The molecule has 2 aromatic rings. The van der Waals surface area contributed by atoms with Gasteiger partial charge in [-0.3, -0.25) is 4.79 Å². The number of halogens is 1. The van der Waals surface area contributed by atoms with E-state index in [0.717, 1.165) is 10.6 Å². The van der Waals surface area contributed by atoms with Crippen LogP contribution in [0.15, 0.2) is 35.7 Å². The maximum Gasteiger partial charge on any atom is 0.271 e. The van der Waals surface area contributed by atoms with Gasteiger partial charge in [0, 0.05) is 11.9 Å². The van der Waals surface area contributed by atoms with E-state index >= 15 is 0 Å². The molecule has 1 aliphatic carbocycles. The standard InChI is InChI=1S/C15H17N3OS.ClH/c16-8-13-17-12(9-20-13)15(19)18-14(11-6-7-11)10-4-2-1-3-5-10;/h1-5,9,11,14H,6-8,16H2,(H,18,19);1H. The van der Waals surface area contributed by atoms with Crippen molar-refractivity contribution < 1.29 is 4.79 Å². The van der Waals surface area contributed by atoms with Gasteiger partial charge in [0.25, 0.3) is 5.91 Å². The summed E-state index contributed by atoms with van der Waals surface area (Å²) >= 11 is 1.43. The smallest absolute Gasteiger partial charge is 0.271 e. The van der Waals surface area contributed by atoms with Gasteiger partial charge >= 0.3 is 0 Å². The van der Waals surface area contributed by atoms with Crippen LogP contribution in [0.25, 0.3) is 0 Å². The van der Waals surface area contributed by atoms with Crippen molar-refractivity contribution in [3.63, 3.8) is 0 Å². The Hall–Kier alpha value is -1.43. The number of hydrogen-bond donors (Lipinski definition) is 2. The van der Waals surface area contributed by atoms with Crippen molar-refractivity contribution in [1.29, 1.82) is 0 Å². The number of rotatable bonds is 5. The lowest BCUT2D eigenvalue weighted by atomic mass is 10.0. The molecule has 0 aliphatic heterocycles. The fourth-order valence-electron chi connectivity index (χ4n) is 2.29. The first-order chi connectivity index (χ1) is 9.78. The first kappa shape index (κ1) is 15.9. The molecule has 1 atom stereocenters. The van der Waals surface area contributed by atoms with E-state index in [4.69, 9.17) is 5.73 Å². The van der Waals surface area contributed by atoms with Gasteiger partial charge in [0.15, 0.2) is 0 Å². The Morgan fingerprint density at radius 1 is 1.38 bits per heavy atom. The minimum absolute atomic E-state index is 0. The number of nitrogens with one attached hydrogen (secondary N) is 1. The minimum Gasteiger partial charge on any atom is -0.344 e. The van der Waals surface area contributed by atoms with Crippen LogP contribution < -0.4 is 11.1 Å². The van der Waals surface area contributed by atoms with Gasteiger partial charge in [-0.15, -0.1) is 23.7 Å². The number of amides is 1. The Bertz CT molecular complexity index is 598. The lowest BCUT2D eigenvalue weighted by molar-refractivity contribution is 0.0927. The van der Waals surface area contributed by atoms with Gasteiger partial charge in [0.1, 0.15) is 10.7 Å². The molecule has 1 aromatic heterocycles. The summed E-state index contributed by atoms with van der Waals surface area (Å²) in [5.74, 6) is 0.440. The van der Waals surface area contributed by atoms with E-state index in [0.29, 0.717) is 18.2 Å². The van der Waals surface area contributed by atoms with E-state index in [1.165, 1.54) is 24.2 Å². The van der Waals surface area contributed by atoms with Crippen LogP contribution in [0.3, 0.4) is 0 Å². The number of thiazole rings is 1. The second kappa shape index (κ2) is 7.02. The molecule has 112 valence electrons. The Balaban J connectivity index is 0.00000161. The predicted octanol–water partition coefficient (Wildman–Crippen LogP) is 2.90. The van der Waals surface area contributed by atoms with E-state index < -0.39 is 0 Å². The monoisotopic (exact) mass is 323 g/mol. The van der Waals surface area contributed by atoms with Crippen molar-refractivity contribution in [2.45, 2.75) is 25.4 Å². The molecule has 0 radical (unpaired) electrons. The maximum atomic E-state index is 12.3. The van der Waals surface area contributed by atoms with Gasteiger partial charge in [-0.2, -0.15) is 0 Å². The van der Waals surface area contributed by atoms with Crippen LogP contribution in [0, 0.1) is 5.92 Å². The lowest BCUT2D eigenvalue weighted by Crippen LogP contribution is -2.30. The molecule has 4 nitrogen and oxygen atoms in total. The molecule has 3 rings (SSSR count). The van der Waals surface area contributed by atoms with Crippen molar-refractivity contribution in [2.75, 3.05) is 0 Å². The van der Waals surface area contributed by atoms with Gasteiger partial charge in [0.05, 0.1) is 6.04 Å². The predicted molar refractivity (Wildman–Crippen MR) is 86.6 cm³/mol. The van der Waals surface area contributed by atoms with Crippen molar-refractivity contribution in [1.82, 2.24) is 10.3 Å². The van der Waals surface area contributed by atoms with Crippen molar-refractivity contribution >= 4 is 29.7 Å². The Morgan fingerprint density at radius 3 is 2.67 bits per heavy atom. The van der Waals surface area contributed by atoms with Crippen LogP contribution in [0.2, 0.25) is 0 Å². The highest BCUT2D eigenvalue weighted by molar-refractivity contribution is 7.09. The van der Waals surface area contributed by atoms with Crippen LogP contribution in [-0.4, -0.2) is 10.9 Å². The third-order valence-corrected chi connectivity index (χ3v) is 4.37. The number of aromatic nitrogens is 1. The summed E-state index contributed by atoms with van der Waals surface area (Å²) in [6.45, 7) is 0.378. The van der Waals surface area contributed by atoms with E-state index in [1.807, 2.05) is 18.2 Å². The van der Waals surface area contributed by atoms with Crippen molar-refractivity contribution in [3.8, 4) is 0 Å². The maximum absolute atomic E-state index is 12.3. The first-order valence-corrected chi connectivity index (χ1v) is 7.66. The molecule has 1 heterocycles. The minimum atomic E-state index is -0.110. The number of hydrogen-bond acceptors (Lipinski definition) is 4. The zero-order chi connectivity index (χ0) is 13.9. The molecule has 6 heteroatoms.